The van der Waals surface area contributed by atoms with Gasteiger partial charge in [0.15, 0.2) is 12.0 Å². The maximum atomic E-state index is 14.7. The number of amides is 1. The van der Waals surface area contributed by atoms with Gasteiger partial charge in [0.2, 0.25) is 0 Å². The zero-order chi connectivity index (χ0) is 39.7. The highest BCUT2D eigenvalue weighted by atomic mass is 19.4. The van der Waals surface area contributed by atoms with Gasteiger partial charge in [-0.1, -0.05) is 30.3 Å². The van der Waals surface area contributed by atoms with Crippen molar-refractivity contribution in [3.05, 3.63) is 77.1 Å². The van der Waals surface area contributed by atoms with E-state index in [0.717, 1.165) is 43.9 Å². The molecule has 0 spiro atoms. The van der Waals surface area contributed by atoms with Crippen molar-refractivity contribution in [3.63, 3.8) is 0 Å². The molecule has 0 saturated carbocycles. The SMILES string of the molecule is CN1CCCC1COc1nc(N2CCN(C(=O)OCc3ccccc3)[C@@H](CC#N)C2)c2[nH]cc(C(O)c3c(C(F)(F)F)ccc4c3cnn4C3CCCCO3)c2n1. The fourth-order valence-electron chi connectivity index (χ4n) is 8.21. The Morgan fingerprint density at radius 2 is 1.93 bits per heavy atom. The highest BCUT2D eigenvalue weighted by Gasteiger charge is 2.39. The first-order chi connectivity index (χ1) is 27.6. The second-order valence-electron chi connectivity index (χ2n) is 14.9. The number of carbonyl (C=O) groups excluding carboxylic acids is 1. The molecular weight excluding hydrogens is 743 g/mol. The molecule has 300 valence electrons. The number of ether oxygens (including phenoxy) is 3. The van der Waals surface area contributed by atoms with Gasteiger partial charge >= 0.3 is 18.3 Å². The Kier molecular flexibility index (Phi) is 10.9. The Balaban J connectivity index is 1.16. The Bertz CT molecular complexity index is 2250. The fraction of sp³-hybridized carbons (Fsp3) is 0.475. The number of piperazine rings is 1. The van der Waals surface area contributed by atoms with Crippen LogP contribution in [0.5, 0.6) is 6.01 Å². The van der Waals surface area contributed by atoms with Crippen molar-refractivity contribution in [2.45, 2.75) is 75.7 Å². The summed E-state index contributed by atoms with van der Waals surface area (Å²) >= 11 is 0. The van der Waals surface area contributed by atoms with E-state index in [-0.39, 0.29) is 73.4 Å². The number of carbonyl (C=O) groups is 1. The summed E-state index contributed by atoms with van der Waals surface area (Å²) in [6.45, 7) is 2.49. The Morgan fingerprint density at radius 3 is 2.67 bits per heavy atom. The van der Waals surface area contributed by atoms with Crippen LogP contribution in [-0.2, 0) is 22.3 Å². The van der Waals surface area contributed by atoms with Crippen molar-refractivity contribution in [1.82, 2.24) is 34.5 Å². The van der Waals surface area contributed by atoms with Crippen LogP contribution in [0, 0.1) is 11.3 Å². The molecule has 6 heterocycles. The molecule has 3 aliphatic rings. The lowest BCUT2D eigenvalue weighted by Gasteiger charge is -2.40. The van der Waals surface area contributed by atoms with Crippen LogP contribution in [0.2, 0.25) is 0 Å². The van der Waals surface area contributed by atoms with Crippen LogP contribution in [0.25, 0.3) is 21.9 Å². The Hall–Kier alpha value is -5.44. The topological polar surface area (TPSA) is 158 Å². The Morgan fingerprint density at radius 1 is 1.09 bits per heavy atom. The molecule has 17 heteroatoms. The molecule has 2 N–H and O–H groups in total. The first-order valence-electron chi connectivity index (χ1n) is 19.3. The predicted octanol–water partition coefficient (Wildman–Crippen LogP) is 6.32. The van der Waals surface area contributed by atoms with Gasteiger partial charge in [-0.15, -0.1) is 0 Å². The number of aromatic amines is 1. The van der Waals surface area contributed by atoms with Crippen molar-refractivity contribution in [2.75, 3.05) is 51.3 Å². The normalized spacial score (nSPS) is 21.2. The van der Waals surface area contributed by atoms with Crippen LogP contribution in [0.15, 0.2) is 54.9 Å². The third-order valence-corrected chi connectivity index (χ3v) is 11.3. The molecular formula is C40H44F3N9O5. The first-order valence-corrected chi connectivity index (χ1v) is 19.3. The number of alkyl halides is 3. The van der Waals surface area contributed by atoms with Crippen molar-refractivity contribution < 1.29 is 37.3 Å². The number of aromatic nitrogens is 5. The number of aliphatic hydroxyl groups is 1. The van der Waals surface area contributed by atoms with Gasteiger partial charge in [0, 0.05) is 55.0 Å². The van der Waals surface area contributed by atoms with E-state index in [9.17, 15) is 28.3 Å². The predicted molar refractivity (Wildman–Crippen MR) is 202 cm³/mol. The molecule has 0 radical (unpaired) electrons. The number of anilines is 1. The second-order valence-corrected chi connectivity index (χ2v) is 14.9. The summed E-state index contributed by atoms with van der Waals surface area (Å²) in [5.74, 6) is 0.366. The van der Waals surface area contributed by atoms with Crippen LogP contribution in [-0.4, -0.2) is 104 Å². The number of hydrogen-bond acceptors (Lipinski definition) is 11. The average molecular weight is 788 g/mol. The number of H-pyrrole nitrogens is 1. The fourth-order valence-corrected chi connectivity index (χ4v) is 8.21. The molecule has 8 rings (SSSR count). The molecule has 0 bridgehead atoms. The lowest BCUT2D eigenvalue weighted by Crippen LogP contribution is -2.55. The minimum atomic E-state index is -4.79. The summed E-state index contributed by atoms with van der Waals surface area (Å²) in [7, 11) is 2.01. The molecule has 1 amide bonds. The lowest BCUT2D eigenvalue weighted by atomic mass is 9.94. The standard InChI is InChI=1S/C40H44F3N9O5/c1-49-16-7-10-27(49)24-56-38-47-34-29(36(53)33-28-21-46-52(32-11-5-6-19-55-32)31(28)13-12-30(33)40(41,42)43)20-45-35(34)37(48-38)50-17-18-51(26(22-50)14-15-44)39(54)57-23-25-8-3-2-4-9-25/h2-4,8-9,12-13,20-21,26-27,32,36,45,53H,5-7,10-11,14,16-19,22-24H2,1H3/t26-,27?,32?,36?/m0/s1. The largest absolute Gasteiger partial charge is 0.462 e. The molecule has 0 aliphatic carbocycles. The van der Waals surface area contributed by atoms with Crippen molar-refractivity contribution in [2.24, 2.45) is 0 Å². The summed E-state index contributed by atoms with van der Waals surface area (Å²) < 4.78 is 63.5. The highest BCUT2D eigenvalue weighted by molar-refractivity contribution is 5.91. The number of nitriles is 1. The van der Waals surface area contributed by atoms with E-state index in [4.69, 9.17) is 24.2 Å². The van der Waals surface area contributed by atoms with Crippen molar-refractivity contribution in [3.8, 4) is 12.1 Å². The molecule has 3 saturated heterocycles. The number of rotatable bonds is 10. The van der Waals surface area contributed by atoms with Crippen LogP contribution >= 0.6 is 0 Å². The second kappa shape index (κ2) is 16.2. The third kappa shape index (κ3) is 7.81. The molecule has 2 aromatic carbocycles. The monoisotopic (exact) mass is 787 g/mol. The van der Waals surface area contributed by atoms with Gasteiger partial charge in [-0.05, 0) is 63.4 Å². The zero-order valence-corrected chi connectivity index (χ0v) is 31.5. The Labute approximate surface area is 326 Å². The van der Waals surface area contributed by atoms with E-state index in [1.165, 1.54) is 23.4 Å². The van der Waals surface area contributed by atoms with Gasteiger partial charge in [-0.25, -0.2) is 9.48 Å². The molecule has 3 aromatic heterocycles. The number of nitrogens with one attached hydrogen (secondary N) is 1. The van der Waals surface area contributed by atoms with Gasteiger partial charge in [0.1, 0.15) is 30.4 Å². The summed E-state index contributed by atoms with van der Waals surface area (Å²) in [6, 6.07) is 13.4. The lowest BCUT2D eigenvalue weighted by molar-refractivity contribution is -0.138. The average Bonchev–Trinajstić information content (AvgIpc) is 3.97. The number of fused-ring (bicyclic) bond motifs is 2. The minimum absolute atomic E-state index is 0.0103. The summed E-state index contributed by atoms with van der Waals surface area (Å²) in [6.07, 6.45) is -0.375. The number of halogens is 3. The van der Waals surface area contributed by atoms with Crippen LogP contribution in [0.3, 0.4) is 0 Å². The number of nitrogens with zero attached hydrogens (tertiary/aromatic N) is 8. The zero-order valence-electron chi connectivity index (χ0n) is 31.5. The van der Waals surface area contributed by atoms with E-state index >= 15 is 0 Å². The smallest absolute Gasteiger partial charge is 0.416 e. The van der Waals surface area contributed by atoms with E-state index in [2.05, 4.69) is 21.1 Å². The molecule has 5 aromatic rings. The van der Waals surface area contributed by atoms with Gasteiger partial charge in [0.25, 0.3) is 0 Å². The van der Waals surface area contributed by atoms with E-state index in [1.807, 2.05) is 42.3 Å². The first kappa shape index (κ1) is 38.4. The summed E-state index contributed by atoms with van der Waals surface area (Å²) in [4.78, 5) is 31.5. The number of benzene rings is 2. The summed E-state index contributed by atoms with van der Waals surface area (Å²) in [5.41, 5.74) is 0.520. The summed E-state index contributed by atoms with van der Waals surface area (Å²) in [5, 5.41) is 26.5. The van der Waals surface area contributed by atoms with Crippen molar-refractivity contribution >= 4 is 33.8 Å². The number of likely N-dealkylation sites (N-methyl/N-ethyl adjacent to an activating group) is 1. The van der Waals surface area contributed by atoms with E-state index < -0.39 is 36.2 Å². The van der Waals surface area contributed by atoms with Gasteiger partial charge < -0.3 is 39.0 Å². The van der Waals surface area contributed by atoms with Gasteiger partial charge in [0.05, 0.1) is 35.8 Å². The van der Waals surface area contributed by atoms with Crippen LogP contribution < -0.4 is 9.64 Å². The van der Waals surface area contributed by atoms with E-state index in [1.54, 1.807) is 4.68 Å². The maximum absolute atomic E-state index is 14.7. The minimum Gasteiger partial charge on any atom is -0.462 e. The van der Waals surface area contributed by atoms with Gasteiger partial charge in [-0.2, -0.15) is 33.5 Å². The molecule has 3 aliphatic heterocycles. The molecule has 4 atom stereocenters. The molecule has 3 fully saturated rings. The quantitative estimate of drug-likeness (QED) is 0.163. The maximum Gasteiger partial charge on any atom is 0.416 e. The molecule has 3 unspecified atom stereocenters. The van der Waals surface area contributed by atoms with Gasteiger partial charge in [-0.3, -0.25) is 0 Å². The van der Waals surface area contributed by atoms with Crippen LogP contribution in [0.1, 0.15) is 73.1 Å². The highest BCUT2D eigenvalue weighted by Crippen LogP contribution is 2.43. The molecule has 14 nitrogen and oxygen atoms in total. The van der Waals surface area contributed by atoms with E-state index in [0.29, 0.717) is 29.9 Å². The third-order valence-electron chi connectivity index (χ3n) is 11.3. The number of aliphatic hydroxyl groups excluding tert-OH is 1. The van der Waals surface area contributed by atoms with Crippen molar-refractivity contribution in [1.29, 1.82) is 5.26 Å². The number of hydrogen-bond donors (Lipinski definition) is 2. The molecule has 57 heavy (non-hydrogen) atoms. The number of likely N-dealkylation sites (tertiary alicyclic amines) is 1. The van der Waals surface area contributed by atoms with Crippen LogP contribution in [0.4, 0.5) is 23.8 Å².